The van der Waals surface area contributed by atoms with Crippen molar-refractivity contribution in [2.45, 2.75) is 37.0 Å². The molecule has 0 bridgehead atoms. The molecule has 1 aromatic carbocycles. The predicted molar refractivity (Wildman–Crippen MR) is 124 cm³/mol. The fraction of sp³-hybridized carbons (Fsp3) is 0.522. The Kier molecular flexibility index (Phi) is 7.95. The molecule has 0 amide bonds. The molecule has 1 unspecified atom stereocenters. The van der Waals surface area contributed by atoms with E-state index in [1.54, 1.807) is 6.92 Å². The maximum Gasteiger partial charge on any atom is 0.229 e. The molecule has 12 heteroatoms. The number of nitrogens with zero attached hydrogens (tertiary/aromatic N) is 4. The highest BCUT2D eigenvalue weighted by Gasteiger charge is 2.30. The van der Waals surface area contributed by atoms with Crippen LogP contribution in [0.5, 0.6) is 17.5 Å². The number of ether oxygens (including phenoxy) is 3. The molecule has 2 aliphatic heterocycles. The van der Waals surface area contributed by atoms with Crippen LogP contribution in [0.15, 0.2) is 29.4 Å². The second-order valence-corrected chi connectivity index (χ2v) is 10.7. The van der Waals surface area contributed by atoms with Gasteiger partial charge in [0.25, 0.3) is 0 Å². The van der Waals surface area contributed by atoms with Crippen molar-refractivity contribution < 1.29 is 31.8 Å². The molecule has 0 radical (unpaired) electrons. The summed E-state index contributed by atoms with van der Waals surface area (Å²) in [5.74, 6) is -0.469. The molecular formula is C23H29FN4O6S. The number of piperidine rings is 1. The normalized spacial score (nSPS) is 20.5. The number of aldehydes is 1. The zero-order valence-electron chi connectivity index (χ0n) is 19.7. The summed E-state index contributed by atoms with van der Waals surface area (Å²) in [5.41, 5.74) is 0.515. The van der Waals surface area contributed by atoms with Crippen molar-refractivity contribution in [3.8, 4) is 17.5 Å². The van der Waals surface area contributed by atoms with Gasteiger partial charge in [-0.05, 0) is 38.0 Å². The van der Waals surface area contributed by atoms with Crippen molar-refractivity contribution in [3.63, 3.8) is 0 Å². The smallest absolute Gasteiger partial charge is 0.229 e. The molecule has 1 aromatic heterocycles. The number of morpholine rings is 1. The topological polar surface area (TPSA) is 111 Å². The minimum atomic E-state index is -3.53. The van der Waals surface area contributed by atoms with E-state index in [9.17, 15) is 17.6 Å². The maximum atomic E-state index is 14.4. The van der Waals surface area contributed by atoms with Gasteiger partial charge in [-0.3, -0.25) is 9.80 Å². The molecule has 0 saturated carbocycles. The third-order valence-corrected chi connectivity index (χ3v) is 7.27. The van der Waals surface area contributed by atoms with E-state index in [1.807, 2.05) is 0 Å². The molecule has 2 aromatic rings. The van der Waals surface area contributed by atoms with Gasteiger partial charge in [-0.2, -0.15) is 0 Å². The molecule has 1 atom stereocenters. The predicted octanol–water partition coefficient (Wildman–Crippen LogP) is 1.82. The first-order chi connectivity index (χ1) is 16.7. The summed E-state index contributed by atoms with van der Waals surface area (Å²) in [6.07, 6.45) is 4.66. The van der Waals surface area contributed by atoms with Gasteiger partial charge >= 0.3 is 0 Å². The van der Waals surface area contributed by atoms with Crippen LogP contribution in [0, 0.1) is 12.7 Å². The second-order valence-electron chi connectivity index (χ2n) is 8.68. The first-order valence-corrected chi connectivity index (χ1v) is 13.3. The minimum Gasteiger partial charge on any atom is -0.474 e. The number of hydrogen-bond acceptors (Lipinski definition) is 10. The Morgan fingerprint density at radius 3 is 2.63 bits per heavy atom. The van der Waals surface area contributed by atoms with Crippen LogP contribution in [0.4, 0.5) is 4.39 Å². The summed E-state index contributed by atoms with van der Waals surface area (Å²) in [4.78, 5) is 23.3. The molecule has 2 fully saturated rings. The van der Waals surface area contributed by atoms with E-state index in [0.717, 1.165) is 51.1 Å². The van der Waals surface area contributed by atoms with Crippen molar-refractivity contribution >= 4 is 16.1 Å². The zero-order chi connectivity index (χ0) is 25.0. The Labute approximate surface area is 203 Å². The van der Waals surface area contributed by atoms with Crippen molar-refractivity contribution in [1.29, 1.82) is 0 Å². The summed E-state index contributed by atoms with van der Waals surface area (Å²) >= 11 is 0. The van der Waals surface area contributed by atoms with Gasteiger partial charge in [0.05, 0.1) is 23.6 Å². The Morgan fingerprint density at radius 2 is 1.94 bits per heavy atom. The van der Waals surface area contributed by atoms with Crippen molar-refractivity contribution in [1.82, 2.24) is 19.8 Å². The molecule has 10 nitrogen and oxygen atoms in total. The first-order valence-electron chi connectivity index (χ1n) is 11.4. The van der Waals surface area contributed by atoms with Gasteiger partial charge in [0.1, 0.15) is 24.9 Å². The van der Waals surface area contributed by atoms with E-state index in [2.05, 4.69) is 19.8 Å². The number of likely N-dealkylation sites (tertiary alicyclic amines) is 1. The van der Waals surface area contributed by atoms with E-state index in [1.165, 1.54) is 18.5 Å². The van der Waals surface area contributed by atoms with Gasteiger partial charge in [0.15, 0.2) is 21.4 Å². The lowest BCUT2D eigenvalue weighted by molar-refractivity contribution is -0.128. The number of hydrogen-bond donors (Lipinski definition) is 0. The molecule has 2 saturated heterocycles. The van der Waals surface area contributed by atoms with Crippen LogP contribution in [0.2, 0.25) is 0 Å². The Morgan fingerprint density at radius 1 is 1.20 bits per heavy atom. The number of aromatic nitrogens is 2. The zero-order valence-corrected chi connectivity index (χ0v) is 20.5. The lowest BCUT2D eigenvalue weighted by atomic mass is 10.1. The summed E-state index contributed by atoms with van der Waals surface area (Å²) in [6.45, 7) is 5.79. The molecular weight excluding hydrogens is 479 g/mol. The van der Waals surface area contributed by atoms with E-state index < -0.39 is 15.7 Å². The van der Waals surface area contributed by atoms with Gasteiger partial charge in [-0.25, -0.2) is 22.8 Å². The van der Waals surface area contributed by atoms with Gasteiger partial charge in [0, 0.05) is 32.4 Å². The molecule has 3 heterocycles. The van der Waals surface area contributed by atoms with Crippen LogP contribution in [-0.4, -0.2) is 92.4 Å². The average Bonchev–Trinajstić information content (AvgIpc) is 2.83. The molecule has 0 N–H and O–H groups in total. The Bertz CT molecular complexity index is 1160. The number of halogens is 1. The molecule has 0 aliphatic carbocycles. The van der Waals surface area contributed by atoms with E-state index in [-0.39, 0.29) is 28.9 Å². The van der Waals surface area contributed by atoms with Crippen LogP contribution < -0.4 is 9.47 Å². The summed E-state index contributed by atoms with van der Waals surface area (Å²) < 4.78 is 55.3. The molecule has 4 rings (SSSR count). The minimum absolute atomic E-state index is 0.0329. The quantitative estimate of drug-likeness (QED) is 0.490. The first kappa shape index (κ1) is 25.4. The highest BCUT2D eigenvalue weighted by atomic mass is 32.2. The highest BCUT2D eigenvalue weighted by Crippen LogP contribution is 2.31. The summed E-state index contributed by atoms with van der Waals surface area (Å²) in [6, 6.07) is 3.46. The standard InChI is InChI=1S/C23H29FN4O6S/c1-16-22(25-15-26-23(16)34-20-4-3-18(13-19(20)24)35(2,30)31)33-17-5-7-28(8-6-17)21-14-27(9-11-29)10-12-32-21/h3-4,11,13,15,17,21H,5-10,12,14H2,1-2H3. The fourth-order valence-electron chi connectivity index (χ4n) is 4.15. The van der Waals surface area contributed by atoms with E-state index in [0.29, 0.717) is 31.1 Å². The second kappa shape index (κ2) is 10.9. The number of sulfone groups is 1. The molecule has 190 valence electrons. The summed E-state index contributed by atoms with van der Waals surface area (Å²) in [7, 11) is -3.53. The SMILES string of the molecule is Cc1c(Oc2ccc(S(C)(=O)=O)cc2F)ncnc1OC1CCN(C2CN(CC=O)CCO2)CC1. The van der Waals surface area contributed by atoms with Gasteiger partial charge in [-0.15, -0.1) is 0 Å². The van der Waals surface area contributed by atoms with Gasteiger partial charge < -0.3 is 19.0 Å². The molecule has 2 aliphatic rings. The van der Waals surface area contributed by atoms with Crippen LogP contribution in [0.1, 0.15) is 18.4 Å². The van der Waals surface area contributed by atoms with Crippen LogP contribution in [0.25, 0.3) is 0 Å². The lowest BCUT2D eigenvalue weighted by Crippen LogP contribution is -2.54. The largest absolute Gasteiger partial charge is 0.474 e. The summed E-state index contributed by atoms with van der Waals surface area (Å²) in [5, 5.41) is 0. The third-order valence-electron chi connectivity index (χ3n) is 6.16. The molecule has 0 spiro atoms. The maximum absolute atomic E-state index is 14.4. The van der Waals surface area contributed by atoms with E-state index in [4.69, 9.17) is 14.2 Å². The van der Waals surface area contributed by atoms with Crippen molar-refractivity contribution in [2.75, 3.05) is 45.6 Å². The highest BCUT2D eigenvalue weighted by molar-refractivity contribution is 7.90. The number of rotatable bonds is 8. The van der Waals surface area contributed by atoms with Crippen LogP contribution in [-0.2, 0) is 19.4 Å². The lowest BCUT2D eigenvalue weighted by Gasteiger charge is -2.41. The Balaban J connectivity index is 1.36. The van der Waals surface area contributed by atoms with Crippen molar-refractivity contribution in [2.24, 2.45) is 0 Å². The number of carbonyl (C=O) groups is 1. The van der Waals surface area contributed by atoms with Crippen molar-refractivity contribution in [3.05, 3.63) is 35.9 Å². The van der Waals surface area contributed by atoms with Crippen LogP contribution in [0.3, 0.4) is 0 Å². The number of carbonyl (C=O) groups excluding carboxylic acids is 1. The van der Waals surface area contributed by atoms with Gasteiger partial charge in [-0.1, -0.05) is 0 Å². The van der Waals surface area contributed by atoms with E-state index >= 15 is 0 Å². The van der Waals surface area contributed by atoms with Gasteiger partial charge in [0.2, 0.25) is 11.8 Å². The monoisotopic (exact) mass is 508 g/mol. The average molecular weight is 509 g/mol. The third kappa shape index (κ3) is 6.31. The van der Waals surface area contributed by atoms with Crippen LogP contribution >= 0.6 is 0 Å². The fourth-order valence-corrected chi connectivity index (χ4v) is 4.79. The molecule has 35 heavy (non-hydrogen) atoms. The Hall–Kier alpha value is -2.67. The number of benzene rings is 1.